The highest BCUT2D eigenvalue weighted by molar-refractivity contribution is 8.01. The Morgan fingerprint density at radius 3 is 2.50 bits per heavy atom. The van der Waals surface area contributed by atoms with Crippen molar-refractivity contribution in [2.24, 2.45) is 0 Å². The summed E-state index contributed by atoms with van der Waals surface area (Å²) in [4.78, 5) is 16.2. The highest BCUT2D eigenvalue weighted by atomic mass is 32.2. The van der Waals surface area contributed by atoms with Crippen molar-refractivity contribution in [3.8, 4) is 0 Å². The fourth-order valence-electron chi connectivity index (χ4n) is 3.62. The number of benzene rings is 2. The zero-order chi connectivity index (χ0) is 21.6. The predicted molar refractivity (Wildman–Crippen MR) is 124 cm³/mol. The molecule has 0 radical (unpaired) electrons. The summed E-state index contributed by atoms with van der Waals surface area (Å²) in [6.45, 7) is 6.68. The molecule has 1 fully saturated rings. The standard InChI is InChI=1S/C23H30N2O3S2/c1-3-16-30(27,28)22-13-7-6-12-21(22)29-18(2)23(26)24-20-11-5-4-10-19(20)17-25-14-8-9-15-25/h4-7,10-13,18H,3,8-9,14-17H2,1-2H3,(H,24,26). The van der Waals surface area contributed by atoms with Gasteiger partial charge in [0.1, 0.15) is 0 Å². The van der Waals surface area contributed by atoms with E-state index >= 15 is 0 Å². The zero-order valence-electron chi connectivity index (χ0n) is 17.6. The Kier molecular flexibility index (Phi) is 7.97. The van der Waals surface area contributed by atoms with Crippen molar-refractivity contribution in [2.75, 3.05) is 24.2 Å². The molecule has 2 aromatic carbocycles. The van der Waals surface area contributed by atoms with Crippen LogP contribution in [0.15, 0.2) is 58.3 Å². The molecule has 1 amide bonds. The number of sulfone groups is 1. The quantitative estimate of drug-likeness (QED) is 0.571. The summed E-state index contributed by atoms with van der Waals surface area (Å²) in [7, 11) is -3.35. The molecule has 1 atom stereocenters. The third-order valence-electron chi connectivity index (χ3n) is 5.20. The van der Waals surface area contributed by atoms with Crippen LogP contribution in [0.1, 0.15) is 38.7 Å². The number of hydrogen-bond acceptors (Lipinski definition) is 5. The van der Waals surface area contributed by atoms with Crippen LogP contribution in [-0.2, 0) is 21.2 Å². The van der Waals surface area contributed by atoms with Crippen molar-refractivity contribution in [2.45, 2.75) is 54.7 Å². The van der Waals surface area contributed by atoms with Crippen LogP contribution >= 0.6 is 11.8 Å². The highest BCUT2D eigenvalue weighted by Gasteiger charge is 2.22. The summed E-state index contributed by atoms with van der Waals surface area (Å²) < 4.78 is 25.2. The summed E-state index contributed by atoms with van der Waals surface area (Å²) in [5, 5.41) is 2.62. The van der Waals surface area contributed by atoms with E-state index in [4.69, 9.17) is 0 Å². The predicted octanol–water partition coefficient (Wildman–Crippen LogP) is 4.59. The molecule has 1 aliphatic heterocycles. The summed E-state index contributed by atoms with van der Waals surface area (Å²) in [5.41, 5.74) is 1.93. The molecular weight excluding hydrogens is 416 g/mol. The molecule has 1 saturated heterocycles. The van der Waals surface area contributed by atoms with Crippen molar-refractivity contribution < 1.29 is 13.2 Å². The number of rotatable bonds is 9. The molecule has 1 N–H and O–H groups in total. The van der Waals surface area contributed by atoms with E-state index in [1.165, 1.54) is 24.6 Å². The molecule has 0 bridgehead atoms. The summed E-state index contributed by atoms with van der Waals surface area (Å²) in [6.07, 6.45) is 3.01. The van der Waals surface area contributed by atoms with Crippen LogP contribution in [0.4, 0.5) is 5.69 Å². The van der Waals surface area contributed by atoms with E-state index in [1.54, 1.807) is 18.2 Å². The Morgan fingerprint density at radius 1 is 1.10 bits per heavy atom. The van der Waals surface area contributed by atoms with Gasteiger partial charge in [-0.3, -0.25) is 9.69 Å². The molecule has 5 nitrogen and oxygen atoms in total. The van der Waals surface area contributed by atoms with Gasteiger partial charge in [-0.25, -0.2) is 8.42 Å². The average molecular weight is 447 g/mol. The fraction of sp³-hybridized carbons (Fsp3) is 0.435. The SMILES string of the molecule is CCCS(=O)(=O)c1ccccc1SC(C)C(=O)Nc1ccccc1CN1CCCC1. The monoisotopic (exact) mass is 446 g/mol. The molecule has 162 valence electrons. The number of likely N-dealkylation sites (tertiary alicyclic amines) is 1. The van der Waals surface area contributed by atoms with Gasteiger partial charge in [0.05, 0.1) is 15.9 Å². The molecule has 0 saturated carbocycles. The molecule has 3 rings (SSSR count). The first-order chi connectivity index (χ1) is 14.4. The van der Waals surface area contributed by atoms with Crippen LogP contribution in [0.2, 0.25) is 0 Å². The lowest BCUT2D eigenvalue weighted by atomic mass is 10.1. The van der Waals surface area contributed by atoms with Crippen molar-refractivity contribution in [3.05, 3.63) is 54.1 Å². The lowest BCUT2D eigenvalue weighted by Crippen LogP contribution is -2.25. The Morgan fingerprint density at radius 2 is 1.77 bits per heavy atom. The lowest BCUT2D eigenvalue weighted by molar-refractivity contribution is -0.115. The van der Waals surface area contributed by atoms with Gasteiger partial charge in [0.2, 0.25) is 5.91 Å². The second kappa shape index (κ2) is 10.5. The van der Waals surface area contributed by atoms with Gasteiger partial charge in [-0.05, 0) is 63.0 Å². The first kappa shape index (κ1) is 22.8. The molecule has 0 aliphatic carbocycles. The summed E-state index contributed by atoms with van der Waals surface area (Å²) in [6, 6.07) is 14.8. The normalized spacial score (nSPS) is 15.8. The smallest absolute Gasteiger partial charge is 0.237 e. The Balaban J connectivity index is 1.71. The molecule has 1 unspecified atom stereocenters. The van der Waals surface area contributed by atoms with Gasteiger partial charge < -0.3 is 5.32 Å². The second-order valence-corrected chi connectivity index (χ2v) is 11.1. The maximum atomic E-state index is 12.9. The first-order valence-corrected chi connectivity index (χ1v) is 13.0. The highest BCUT2D eigenvalue weighted by Crippen LogP contribution is 2.31. The minimum absolute atomic E-state index is 0.106. The number of anilines is 1. The van der Waals surface area contributed by atoms with E-state index in [0.29, 0.717) is 16.2 Å². The fourth-order valence-corrected chi connectivity index (χ4v) is 6.45. The number of carbonyl (C=O) groups is 1. The molecule has 1 aliphatic rings. The molecule has 0 spiro atoms. The van der Waals surface area contributed by atoms with Gasteiger partial charge in [0.15, 0.2) is 9.84 Å². The van der Waals surface area contributed by atoms with Gasteiger partial charge in [0.25, 0.3) is 0 Å². The minimum atomic E-state index is -3.35. The third-order valence-corrected chi connectivity index (χ3v) is 8.48. The van der Waals surface area contributed by atoms with Crippen LogP contribution in [0.25, 0.3) is 0 Å². The molecule has 2 aromatic rings. The first-order valence-electron chi connectivity index (χ1n) is 10.5. The van der Waals surface area contributed by atoms with Crippen molar-refractivity contribution >= 4 is 33.2 Å². The number of hydrogen-bond donors (Lipinski definition) is 1. The van der Waals surface area contributed by atoms with Crippen molar-refractivity contribution in [1.82, 2.24) is 4.90 Å². The van der Waals surface area contributed by atoms with Crippen LogP contribution in [-0.4, -0.2) is 43.3 Å². The largest absolute Gasteiger partial charge is 0.325 e. The van der Waals surface area contributed by atoms with Gasteiger partial charge in [0, 0.05) is 17.1 Å². The number of amides is 1. The molecule has 30 heavy (non-hydrogen) atoms. The third kappa shape index (κ3) is 5.86. The average Bonchev–Trinajstić information content (AvgIpc) is 3.23. The van der Waals surface area contributed by atoms with Crippen LogP contribution in [0, 0.1) is 0 Å². The van der Waals surface area contributed by atoms with E-state index in [1.807, 2.05) is 38.1 Å². The number of nitrogens with one attached hydrogen (secondary N) is 1. The van der Waals surface area contributed by atoms with E-state index in [0.717, 1.165) is 30.9 Å². The van der Waals surface area contributed by atoms with Crippen molar-refractivity contribution in [3.63, 3.8) is 0 Å². The van der Waals surface area contributed by atoms with E-state index in [9.17, 15) is 13.2 Å². The van der Waals surface area contributed by atoms with Crippen LogP contribution in [0.5, 0.6) is 0 Å². The summed E-state index contributed by atoms with van der Waals surface area (Å²) in [5.74, 6) is -0.0220. The van der Waals surface area contributed by atoms with Crippen LogP contribution in [0.3, 0.4) is 0 Å². The number of nitrogens with zero attached hydrogens (tertiary/aromatic N) is 1. The van der Waals surface area contributed by atoms with Crippen molar-refractivity contribution in [1.29, 1.82) is 0 Å². The lowest BCUT2D eigenvalue weighted by Gasteiger charge is -2.19. The molecule has 1 heterocycles. The molecule has 0 aromatic heterocycles. The molecular formula is C23H30N2O3S2. The van der Waals surface area contributed by atoms with Gasteiger partial charge in [-0.1, -0.05) is 37.3 Å². The zero-order valence-corrected chi connectivity index (χ0v) is 19.3. The number of para-hydroxylation sites is 1. The van der Waals surface area contributed by atoms with Gasteiger partial charge in [-0.2, -0.15) is 0 Å². The van der Waals surface area contributed by atoms with E-state index in [-0.39, 0.29) is 11.7 Å². The summed E-state index contributed by atoms with van der Waals surface area (Å²) >= 11 is 1.29. The van der Waals surface area contributed by atoms with E-state index < -0.39 is 15.1 Å². The Bertz CT molecular complexity index is 970. The Labute approximate surface area is 184 Å². The number of thioether (sulfide) groups is 1. The van der Waals surface area contributed by atoms with Crippen LogP contribution < -0.4 is 5.32 Å². The van der Waals surface area contributed by atoms with Gasteiger partial charge in [-0.15, -0.1) is 11.8 Å². The second-order valence-electron chi connectivity index (χ2n) is 7.66. The maximum Gasteiger partial charge on any atom is 0.237 e. The van der Waals surface area contributed by atoms with Gasteiger partial charge >= 0.3 is 0 Å². The minimum Gasteiger partial charge on any atom is -0.325 e. The van der Waals surface area contributed by atoms with E-state index in [2.05, 4.69) is 16.3 Å². The molecule has 7 heteroatoms. The topological polar surface area (TPSA) is 66.5 Å². The maximum absolute atomic E-state index is 12.9. The number of carbonyl (C=O) groups excluding carboxylic acids is 1. The Hall–Kier alpha value is -1.83.